The molecule has 2 aromatic carbocycles. The Morgan fingerprint density at radius 1 is 1.00 bits per heavy atom. The van der Waals surface area contributed by atoms with Crippen molar-refractivity contribution in [2.45, 2.75) is 57.1 Å². The number of halogens is 2. The Labute approximate surface area is 193 Å². The molecule has 30 heavy (non-hydrogen) atoms. The first kappa shape index (κ1) is 24.6. The van der Waals surface area contributed by atoms with E-state index in [-0.39, 0.29) is 17.9 Å². The molecular formula is C23H28Cl2N2O2S. The molecule has 0 unspecified atom stereocenters. The van der Waals surface area contributed by atoms with Crippen molar-refractivity contribution in [1.82, 2.24) is 10.2 Å². The van der Waals surface area contributed by atoms with Crippen LogP contribution in [0.1, 0.15) is 39.2 Å². The Morgan fingerprint density at radius 2 is 1.57 bits per heavy atom. The molecule has 2 amide bonds. The van der Waals surface area contributed by atoms with Gasteiger partial charge < -0.3 is 10.2 Å². The highest BCUT2D eigenvalue weighted by Crippen LogP contribution is 2.22. The summed E-state index contributed by atoms with van der Waals surface area (Å²) in [5.74, 6) is 0.423. The Bertz CT molecular complexity index is 828. The lowest BCUT2D eigenvalue weighted by Crippen LogP contribution is -2.49. The molecule has 4 nitrogen and oxygen atoms in total. The van der Waals surface area contributed by atoms with Gasteiger partial charge in [-0.1, -0.05) is 42.3 Å². The molecule has 2 aromatic rings. The minimum absolute atomic E-state index is 0.0572. The number of carbonyl (C=O) groups is 2. The summed E-state index contributed by atoms with van der Waals surface area (Å²) in [5.41, 5.74) is 0.932. The molecular weight excluding hydrogens is 439 g/mol. The van der Waals surface area contributed by atoms with E-state index in [1.54, 1.807) is 35.7 Å². The van der Waals surface area contributed by atoms with E-state index in [1.807, 2.05) is 50.2 Å². The van der Waals surface area contributed by atoms with Crippen molar-refractivity contribution in [3.63, 3.8) is 0 Å². The quantitative estimate of drug-likeness (QED) is 0.449. The van der Waals surface area contributed by atoms with Crippen LogP contribution < -0.4 is 5.32 Å². The van der Waals surface area contributed by atoms with Crippen LogP contribution in [0, 0.1) is 0 Å². The molecule has 0 bridgehead atoms. The Balaban J connectivity index is 2.06. The molecule has 0 radical (unpaired) electrons. The smallest absolute Gasteiger partial charge is 0.242 e. The summed E-state index contributed by atoms with van der Waals surface area (Å²) in [5, 5.41) is 4.30. The lowest BCUT2D eigenvalue weighted by atomic mass is 10.1. The van der Waals surface area contributed by atoms with Gasteiger partial charge in [-0.05, 0) is 62.2 Å². The summed E-state index contributed by atoms with van der Waals surface area (Å²) in [6, 6.07) is 14.4. The fourth-order valence-corrected chi connectivity index (χ4v) is 3.86. The van der Waals surface area contributed by atoms with Crippen LogP contribution in [-0.4, -0.2) is 34.6 Å². The molecule has 1 N–H and O–H groups in total. The molecule has 0 aliphatic heterocycles. The Hall–Kier alpha value is -1.69. The molecule has 0 heterocycles. The zero-order valence-corrected chi connectivity index (χ0v) is 19.9. The molecule has 162 valence electrons. The van der Waals surface area contributed by atoms with Crippen molar-refractivity contribution in [1.29, 1.82) is 0 Å². The first-order valence-corrected chi connectivity index (χ1v) is 11.8. The first-order chi connectivity index (χ1) is 14.3. The van der Waals surface area contributed by atoms with Gasteiger partial charge in [0, 0.05) is 39.7 Å². The van der Waals surface area contributed by atoms with E-state index in [1.165, 1.54) is 0 Å². The van der Waals surface area contributed by atoms with Gasteiger partial charge in [-0.2, -0.15) is 0 Å². The van der Waals surface area contributed by atoms with Crippen LogP contribution in [0.25, 0.3) is 0 Å². The third-order valence-electron chi connectivity index (χ3n) is 4.83. The number of benzene rings is 2. The van der Waals surface area contributed by atoms with Crippen LogP contribution in [0.4, 0.5) is 0 Å². The lowest BCUT2D eigenvalue weighted by Gasteiger charge is -2.29. The molecule has 0 saturated carbocycles. The number of nitrogens with one attached hydrogen (secondary N) is 1. The SMILES string of the molecule is CC[C@H](C)NC(=O)[C@H](C)N(Cc1ccc(Cl)cc1)C(=O)CCSc1ccc(Cl)cc1. The van der Waals surface area contributed by atoms with Crippen LogP contribution in [0.3, 0.4) is 0 Å². The fraction of sp³-hybridized carbons (Fsp3) is 0.391. The summed E-state index contributed by atoms with van der Waals surface area (Å²) in [7, 11) is 0. The van der Waals surface area contributed by atoms with Gasteiger partial charge in [-0.25, -0.2) is 0 Å². The van der Waals surface area contributed by atoms with Crippen LogP contribution in [0.5, 0.6) is 0 Å². The zero-order chi connectivity index (χ0) is 22.1. The molecule has 0 spiro atoms. The maximum atomic E-state index is 13.0. The second-order valence-corrected chi connectivity index (χ2v) is 9.24. The topological polar surface area (TPSA) is 49.4 Å². The molecule has 0 aliphatic rings. The largest absolute Gasteiger partial charge is 0.352 e. The van der Waals surface area contributed by atoms with Crippen molar-refractivity contribution < 1.29 is 9.59 Å². The molecule has 0 aromatic heterocycles. The van der Waals surface area contributed by atoms with Gasteiger partial charge in [-0.15, -0.1) is 11.8 Å². The summed E-state index contributed by atoms with van der Waals surface area (Å²) in [6.07, 6.45) is 1.17. The summed E-state index contributed by atoms with van der Waals surface area (Å²) in [6.45, 7) is 6.10. The number of hydrogen-bond donors (Lipinski definition) is 1. The van der Waals surface area contributed by atoms with Crippen molar-refractivity contribution in [2.75, 3.05) is 5.75 Å². The first-order valence-electron chi connectivity index (χ1n) is 10.0. The van der Waals surface area contributed by atoms with Crippen molar-refractivity contribution in [2.24, 2.45) is 0 Å². The Morgan fingerprint density at radius 3 is 2.13 bits per heavy atom. The highest BCUT2D eigenvalue weighted by atomic mass is 35.5. The van der Waals surface area contributed by atoms with Crippen molar-refractivity contribution >= 4 is 46.8 Å². The fourth-order valence-electron chi connectivity index (χ4n) is 2.77. The van der Waals surface area contributed by atoms with Gasteiger partial charge in [0.05, 0.1) is 0 Å². The van der Waals surface area contributed by atoms with Crippen molar-refractivity contribution in [3.05, 3.63) is 64.1 Å². The zero-order valence-electron chi connectivity index (χ0n) is 17.5. The highest BCUT2D eigenvalue weighted by Gasteiger charge is 2.26. The minimum Gasteiger partial charge on any atom is -0.352 e. The van der Waals surface area contributed by atoms with E-state index in [2.05, 4.69) is 5.32 Å². The van der Waals surface area contributed by atoms with Gasteiger partial charge in [0.2, 0.25) is 11.8 Å². The highest BCUT2D eigenvalue weighted by molar-refractivity contribution is 7.99. The van der Waals surface area contributed by atoms with E-state index < -0.39 is 6.04 Å². The molecule has 2 rings (SSSR count). The normalized spacial score (nSPS) is 12.8. The molecule has 0 fully saturated rings. The van der Waals surface area contributed by atoms with Crippen LogP contribution in [-0.2, 0) is 16.1 Å². The number of nitrogens with zero attached hydrogens (tertiary/aromatic N) is 1. The summed E-state index contributed by atoms with van der Waals surface area (Å²) >= 11 is 13.5. The maximum absolute atomic E-state index is 13.0. The molecule has 0 saturated heterocycles. The summed E-state index contributed by atoms with van der Waals surface area (Å²) in [4.78, 5) is 28.4. The van der Waals surface area contributed by atoms with Crippen LogP contribution in [0.2, 0.25) is 10.0 Å². The monoisotopic (exact) mass is 466 g/mol. The number of rotatable bonds is 10. The summed E-state index contributed by atoms with van der Waals surface area (Å²) < 4.78 is 0. The van der Waals surface area contributed by atoms with E-state index in [4.69, 9.17) is 23.2 Å². The molecule has 7 heteroatoms. The average Bonchev–Trinajstić information content (AvgIpc) is 2.74. The van der Waals surface area contributed by atoms with Gasteiger partial charge in [0.15, 0.2) is 0 Å². The number of hydrogen-bond acceptors (Lipinski definition) is 3. The number of thioether (sulfide) groups is 1. The number of amides is 2. The standard InChI is InChI=1S/C23H28Cl2N2O2S/c1-4-16(2)26-23(29)17(3)27(15-18-5-7-19(24)8-6-18)22(28)13-14-30-21-11-9-20(25)10-12-21/h5-12,16-17H,4,13-15H2,1-3H3,(H,26,29)/t16-,17-/m0/s1. The van der Waals surface area contributed by atoms with Gasteiger partial charge >= 0.3 is 0 Å². The maximum Gasteiger partial charge on any atom is 0.242 e. The van der Waals surface area contributed by atoms with E-state index in [0.717, 1.165) is 16.9 Å². The van der Waals surface area contributed by atoms with Crippen molar-refractivity contribution in [3.8, 4) is 0 Å². The van der Waals surface area contributed by atoms with Gasteiger partial charge in [0.25, 0.3) is 0 Å². The second-order valence-electron chi connectivity index (χ2n) is 7.19. The Kier molecular flexibility index (Phi) is 10.0. The van der Waals surface area contributed by atoms with Gasteiger partial charge in [-0.3, -0.25) is 9.59 Å². The number of carbonyl (C=O) groups excluding carboxylic acids is 2. The van der Waals surface area contributed by atoms with E-state index in [9.17, 15) is 9.59 Å². The average molecular weight is 467 g/mol. The second kappa shape index (κ2) is 12.2. The van der Waals surface area contributed by atoms with Crippen LogP contribution in [0.15, 0.2) is 53.4 Å². The molecule has 0 aliphatic carbocycles. The van der Waals surface area contributed by atoms with E-state index >= 15 is 0 Å². The third kappa shape index (κ3) is 7.86. The third-order valence-corrected chi connectivity index (χ3v) is 6.35. The predicted molar refractivity (Wildman–Crippen MR) is 126 cm³/mol. The lowest BCUT2D eigenvalue weighted by molar-refractivity contribution is -0.140. The molecule has 2 atom stereocenters. The minimum atomic E-state index is -0.567. The van der Waals surface area contributed by atoms with Crippen LogP contribution >= 0.6 is 35.0 Å². The predicted octanol–water partition coefficient (Wildman–Crippen LogP) is 5.81. The van der Waals surface area contributed by atoms with Gasteiger partial charge in [0.1, 0.15) is 6.04 Å². The van der Waals surface area contributed by atoms with E-state index in [0.29, 0.717) is 28.8 Å².